The molecule has 1 N–H and O–H groups in total. The number of nitrogens with zero attached hydrogens (tertiary/aromatic N) is 2. The van der Waals surface area contributed by atoms with Crippen LogP contribution in [0.5, 0.6) is 0 Å². The molecule has 25 heavy (non-hydrogen) atoms. The lowest BCUT2D eigenvalue weighted by Gasteiger charge is -2.32. The molecule has 0 spiro atoms. The molecule has 1 aliphatic heterocycles. The summed E-state index contributed by atoms with van der Waals surface area (Å²) in [5.41, 5.74) is 2.94. The Labute approximate surface area is 149 Å². The number of amides is 1. The number of hydrogen-bond acceptors (Lipinski definition) is 3. The van der Waals surface area contributed by atoms with Crippen LogP contribution >= 0.6 is 0 Å². The van der Waals surface area contributed by atoms with Gasteiger partial charge in [0, 0.05) is 36.9 Å². The van der Waals surface area contributed by atoms with Gasteiger partial charge in [0.05, 0.1) is 0 Å². The Hall–Kier alpha value is -2.36. The van der Waals surface area contributed by atoms with Gasteiger partial charge in [-0.15, -0.1) is 0 Å². The summed E-state index contributed by atoms with van der Waals surface area (Å²) in [5, 5.41) is 3.14. The molecule has 2 heterocycles. The average Bonchev–Trinajstić information content (AvgIpc) is 3.42. The van der Waals surface area contributed by atoms with E-state index < -0.39 is 0 Å². The number of carbonyl (C=O) groups is 1. The second-order valence-electron chi connectivity index (χ2n) is 7.43. The van der Waals surface area contributed by atoms with Crippen LogP contribution in [0, 0.1) is 5.92 Å². The van der Waals surface area contributed by atoms with Crippen LogP contribution in [-0.2, 0) is 0 Å². The summed E-state index contributed by atoms with van der Waals surface area (Å²) >= 11 is 0. The van der Waals surface area contributed by atoms with Crippen molar-refractivity contribution in [2.24, 2.45) is 5.92 Å². The van der Waals surface area contributed by atoms with Crippen molar-refractivity contribution in [2.45, 2.75) is 38.1 Å². The molecule has 1 aromatic carbocycles. The number of pyridine rings is 1. The maximum Gasteiger partial charge on any atom is 0.270 e. The first-order chi connectivity index (χ1) is 12.2. The number of anilines is 1. The summed E-state index contributed by atoms with van der Waals surface area (Å²) in [6, 6.07) is 14.6. The van der Waals surface area contributed by atoms with Crippen LogP contribution in [0.3, 0.4) is 0 Å². The van der Waals surface area contributed by atoms with Gasteiger partial charge < -0.3 is 10.2 Å². The summed E-state index contributed by atoms with van der Waals surface area (Å²) in [4.78, 5) is 19.2. The third kappa shape index (κ3) is 3.68. The molecule has 4 heteroatoms. The molecule has 2 aromatic rings. The molecular weight excluding hydrogens is 310 g/mol. The molecule has 1 amide bonds. The van der Waals surface area contributed by atoms with E-state index in [0.717, 1.165) is 25.2 Å². The van der Waals surface area contributed by atoms with Gasteiger partial charge in [0.15, 0.2) is 0 Å². The van der Waals surface area contributed by atoms with Crippen molar-refractivity contribution < 1.29 is 4.79 Å². The predicted octanol–water partition coefficient (Wildman–Crippen LogP) is 3.60. The number of piperidine rings is 1. The fourth-order valence-electron chi connectivity index (χ4n) is 3.83. The van der Waals surface area contributed by atoms with Crippen molar-refractivity contribution in [1.82, 2.24) is 10.3 Å². The first-order valence-electron chi connectivity index (χ1n) is 9.27. The van der Waals surface area contributed by atoms with Gasteiger partial charge in [-0.25, -0.2) is 0 Å². The zero-order valence-corrected chi connectivity index (χ0v) is 14.7. The Morgan fingerprint density at radius 1 is 1.24 bits per heavy atom. The Kier molecular flexibility index (Phi) is 4.43. The normalized spacial score (nSPS) is 25.5. The highest BCUT2D eigenvalue weighted by molar-refractivity contribution is 5.93. The van der Waals surface area contributed by atoms with Crippen LogP contribution in [0.1, 0.15) is 48.2 Å². The van der Waals surface area contributed by atoms with E-state index in [2.05, 4.69) is 46.4 Å². The van der Waals surface area contributed by atoms with Crippen LogP contribution < -0.4 is 10.2 Å². The standard InChI is InChI=1S/C21H25N3O/c1-15-6-5-11-24(14-15)17-9-10-22-20(12-17)21(25)23-19-13-18(19)16-7-3-2-4-8-16/h2-4,7-10,12,15,18-19H,5-6,11,13-14H2,1H3,(H,23,25)/t15-,18+,19-/m1/s1. The molecule has 4 rings (SSSR count). The van der Waals surface area contributed by atoms with Crippen LogP contribution in [0.25, 0.3) is 0 Å². The molecule has 4 nitrogen and oxygen atoms in total. The number of benzene rings is 1. The summed E-state index contributed by atoms with van der Waals surface area (Å²) in [5.74, 6) is 1.09. The number of nitrogens with one attached hydrogen (secondary N) is 1. The molecular formula is C21H25N3O. The van der Waals surface area contributed by atoms with E-state index in [4.69, 9.17) is 0 Å². The summed E-state index contributed by atoms with van der Waals surface area (Å²) < 4.78 is 0. The maximum atomic E-state index is 12.6. The Morgan fingerprint density at radius 2 is 2.08 bits per heavy atom. The minimum atomic E-state index is -0.0599. The fraction of sp³-hybridized carbons (Fsp3) is 0.429. The SMILES string of the molecule is C[C@@H]1CCCN(c2ccnc(C(=O)N[C@@H]3C[C@H]3c3ccccc3)c2)C1. The van der Waals surface area contributed by atoms with Crippen LogP contribution in [0.4, 0.5) is 5.69 Å². The molecule has 0 unspecified atom stereocenters. The lowest BCUT2D eigenvalue weighted by atomic mass is 10.00. The number of rotatable bonds is 4. The summed E-state index contributed by atoms with van der Waals surface area (Å²) in [6.07, 6.45) is 5.27. The van der Waals surface area contributed by atoms with Gasteiger partial charge in [0.1, 0.15) is 5.69 Å². The predicted molar refractivity (Wildman–Crippen MR) is 99.9 cm³/mol. The zero-order chi connectivity index (χ0) is 17.2. The van der Waals surface area contributed by atoms with Crippen molar-refractivity contribution in [2.75, 3.05) is 18.0 Å². The number of hydrogen-bond donors (Lipinski definition) is 1. The van der Waals surface area contributed by atoms with Crippen LogP contribution in [0.15, 0.2) is 48.7 Å². The van der Waals surface area contributed by atoms with Crippen molar-refractivity contribution in [3.8, 4) is 0 Å². The van der Waals surface area contributed by atoms with E-state index in [0.29, 0.717) is 17.5 Å². The summed E-state index contributed by atoms with van der Waals surface area (Å²) in [7, 11) is 0. The first-order valence-corrected chi connectivity index (χ1v) is 9.27. The van der Waals surface area contributed by atoms with Crippen molar-refractivity contribution in [1.29, 1.82) is 0 Å². The van der Waals surface area contributed by atoms with E-state index in [1.165, 1.54) is 18.4 Å². The molecule has 0 bridgehead atoms. The number of aromatic nitrogens is 1. The van der Waals surface area contributed by atoms with Gasteiger partial charge in [0.25, 0.3) is 5.91 Å². The lowest BCUT2D eigenvalue weighted by Crippen LogP contribution is -2.34. The third-order valence-corrected chi connectivity index (χ3v) is 5.33. The molecule has 0 radical (unpaired) electrons. The van der Waals surface area contributed by atoms with E-state index >= 15 is 0 Å². The van der Waals surface area contributed by atoms with Gasteiger partial charge in [-0.3, -0.25) is 9.78 Å². The smallest absolute Gasteiger partial charge is 0.270 e. The van der Waals surface area contributed by atoms with Crippen LogP contribution in [0.2, 0.25) is 0 Å². The maximum absolute atomic E-state index is 12.6. The van der Waals surface area contributed by atoms with E-state index in [1.807, 2.05) is 18.2 Å². The van der Waals surface area contributed by atoms with Crippen molar-refractivity contribution in [3.63, 3.8) is 0 Å². The van der Waals surface area contributed by atoms with E-state index in [9.17, 15) is 4.79 Å². The van der Waals surface area contributed by atoms with Gasteiger partial charge in [-0.1, -0.05) is 37.3 Å². The Balaban J connectivity index is 1.40. The van der Waals surface area contributed by atoms with E-state index in [1.54, 1.807) is 6.20 Å². The summed E-state index contributed by atoms with van der Waals surface area (Å²) in [6.45, 7) is 4.41. The highest BCUT2D eigenvalue weighted by Crippen LogP contribution is 2.40. The average molecular weight is 335 g/mol. The van der Waals surface area contributed by atoms with Crippen molar-refractivity contribution in [3.05, 3.63) is 59.9 Å². The van der Waals surface area contributed by atoms with Gasteiger partial charge in [-0.2, -0.15) is 0 Å². The van der Waals surface area contributed by atoms with Gasteiger partial charge in [-0.05, 0) is 42.9 Å². The third-order valence-electron chi connectivity index (χ3n) is 5.33. The van der Waals surface area contributed by atoms with Gasteiger partial charge >= 0.3 is 0 Å². The second-order valence-corrected chi connectivity index (χ2v) is 7.43. The Morgan fingerprint density at radius 3 is 2.88 bits per heavy atom. The number of carbonyl (C=O) groups excluding carboxylic acids is 1. The quantitative estimate of drug-likeness (QED) is 0.928. The lowest BCUT2D eigenvalue weighted by molar-refractivity contribution is 0.0945. The Bertz CT molecular complexity index is 746. The largest absolute Gasteiger partial charge is 0.371 e. The highest BCUT2D eigenvalue weighted by atomic mass is 16.2. The van der Waals surface area contributed by atoms with Gasteiger partial charge in [0.2, 0.25) is 0 Å². The zero-order valence-electron chi connectivity index (χ0n) is 14.7. The highest BCUT2D eigenvalue weighted by Gasteiger charge is 2.39. The molecule has 2 aliphatic rings. The topological polar surface area (TPSA) is 45.2 Å². The first kappa shape index (κ1) is 16.1. The fourth-order valence-corrected chi connectivity index (χ4v) is 3.83. The molecule has 3 atom stereocenters. The molecule has 1 saturated carbocycles. The molecule has 2 fully saturated rings. The monoisotopic (exact) mass is 335 g/mol. The van der Waals surface area contributed by atoms with E-state index in [-0.39, 0.29) is 11.9 Å². The second kappa shape index (κ2) is 6.87. The molecule has 1 saturated heterocycles. The molecule has 1 aromatic heterocycles. The van der Waals surface area contributed by atoms with Crippen LogP contribution in [-0.4, -0.2) is 30.0 Å². The minimum Gasteiger partial charge on any atom is -0.371 e. The minimum absolute atomic E-state index is 0.0599. The van der Waals surface area contributed by atoms with Crippen molar-refractivity contribution >= 4 is 11.6 Å². The molecule has 1 aliphatic carbocycles. The molecule has 130 valence electrons.